The lowest BCUT2D eigenvalue weighted by Crippen LogP contribution is -2.30. The van der Waals surface area contributed by atoms with Gasteiger partial charge in [0, 0.05) is 0 Å². The summed E-state index contributed by atoms with van der Waals surface area (Å²) in [5.41, 5.74) is -0.0999. The maximum Gasteiger partial charge on any atom is 0.243 e. The van der Waals surface area contributed by atoms with E-state index in [9.17, 15) is 18.5 Å². The first-order valence-corrected chi connectivity index (χ1v) is 7.69. The Hall–Kier alpha value is -0.640. The fraction of sp³-hybridized carbons (Fsp3) is 0.778. The topological polar surface area (TPSA) is 118 Å². The molecule has 0 saturated heterocycles. The third-order valence-electron chi connectivity index (χ3n) is 2.88. The lowest BCUT2D eigenvalue weighted by molar-refractivity contribution is -0.428. The zero-order valence-corrected chi connectivity index (χ0v) is 11.4. The molecule has 0 spiro atoms. The van der Waals surface area contributed by atoms with E-state index in [1.807, 2.05) is 0 Å². The molecular formula is C9H15NO6S2. The molecule has 0 fully saturated rings. The molecule has 0 aliphatic heterocycles. The molecule has 0 amide bonds. The van der Waals surface area contributed by atoms with Gasteiger partial charge in [0.2, 0.25) is 5.70 Å². The second-order valence-corrected chi connectivity index (χ2v) is 6.80. The van der Waals surface area contributed by atoms with Crippen LogP contribution < -0.4 is 0 Å². The van der Waals surface area contributed by atoms with E-state index in [4.69, 9.17) is 9.11 Å². The van der Waals surface area contributed by atoms with Crippen LogP contribution in [0, 0.1) is 16.0 Å². The molecule has 2 N–H and O–H groups in total. The molecule has 0 aromatic rings. The predicted molar refractivity (Wildman–Crippen MR) is 67.2 cm³/mol. The van der Waals surface area contributed by atoms with Crippen LogP contribution in [0.15, 0.2) is 11.8 Å². The van der Waals surface area contributed by atoms with E-state index >= 15 is 0 Å². The molecule has 104 valence electrons. The SMILES string of the molecule is CC1C=C([N+](=O)[O-])CC(S(=O)O)CC(S(=O)O)C1. The van der Waals surface area contributed by atoms with Gasteiger partial charge in [-0.1, -0.05) is 6.92 Å². The van der Waals surface area contributed by atoms with Crippen molar-refractivity contribution in [2.24, 2.45) is 5.92 Å². The Morgan fingerprint density at radius 3 is 2.28 bits per heavy atom. The van der Waals surface area contributed by atoms with Crippen molar-refractivity contribution in [3.63, 3.8) is 0 Å². The normalized spacial score (nSPS) is 32.8. The summed E-state index contributed by atoms with van der Waals surface area (Å²) in [6.07, 6.45) is 1.56. The Morgan fingerprint density at radius 1 is 1.28 bits per heavy atom. The molecule has 1 aliphatic carbocycles. The highest BCUT2D eigenvalue weighted by Gasteiger charge is 2.32. The van der Waals surface area contributed by atoms with E-state index in [0.717, 1.165) is 0 Å². The molecule has 5 unspecified atom stereocenters. The second-order valence-electron chi connectivity index (χ2n) is 4.36. The molecule has 0 aromatic carbocycles. The number of nitrogens with zero attached hydrogens (tertiary/aromatic N) is 1. The maximum atomic E-state index is 11.1. The summed E-state index contributed by atoms with van der Waals surface area (Å²) in [5, 5.41) is 9.28. The summed E-state index contributed by atoms with van der Waals surface area (Å²) in [6, 6.07) is 0. The van der Waals surface area contributed by atoms with Crippen molar-refractivity contribution in [3.05, 3.63) is 21.9 Å². The largest absolute Gasteiger partial charge is 0.306 e. The zero-order valence-electron chi connectivity index (χ0n) is 9.72. The van der Waals surface area contributed by atoms with Gasteiger partial charge in [0.15, 0.2) is 22.2 Å². The number of rotatable bonds is 3. The van der Waals surface area contributed by atoms with Gasteiger partial charge in [-0.25, -0.2) is 8.42 Å². The standard InChI is InChI=1S/C9H15NO6S2/c1-6-2-7(10(11)12)4-9(18(15)16)5-8(3-6)17(13)14/h2,6,8-9H,3-5H2,1H3,(H,13,14)(H,15,16). The molecule has 5 atom stereocenters. The predicted octanol–water partition coefficient (Wildman–Crippen LogP) is 1.15. The smallest absolute Gasteiger partial charge is 0.243 e. The monoisotopic (exact) mass is 297 g/mol. The average Bonchev–Trinajstić information content (AvgIpc) is 2.20. The van der Waals surface area contributed by atoms with Crippen LogP contribution in [0.25, 0.3) is 0 Å². The van der Waals surface area contributed by atoms with Crippen LogP contribution in [0.1, 0.15) is 26.2 Å². The minimum atomic E-state index is -2.25. The van der Waals surface area contributed by atoms with Crippen molar-refractivity contribution in [3.8, 4) is 0 Å². The minimum Gasteiger partial charge on any atom is -0.306 e. The molecule has 0 heterocycles. The molecule has 0 bridgehead atoms. The molecule has 0 saturated carbocycles. The average molecular weight is 297 g/mol. The van der Waals surface area contributed by atoms with Crippen LogP contribution in [0.3, 0.4) is 0 Å². The van der Waals surface area contributed by atoms with E-state index in [1.165, 1.54) is 6.08 Å². The fourth-order valence-electron chi connectivity index (χ4n) is 2.04. The summed E-state index contributed by atoms with van der Waals surface area (Å²) in [6.45, 7) is 1.72. The number of allylic oxidation sites excluding steroid dienone is 2. The van der Waals surface area contributed by atoms with Gasteiger partial charge in [-0.05, 0) is 24.8 Å². The Kier molecular flexibility index (Phi) is 5.57. The van der Waals surface area contributed by atoms with Gasteiger partial charge in [-0.15, -0.1) is 0 Å². The number of hydrogen-bond acceptors (Lipinski definition) is 4. The Bertz CT molecular complexity index is 410. The van der Waals surface area contributed by atoms with Crippen LogP contribution in [-0.2, 0) is 22.2 Å². The minimum absolute atomic E-state index is 0.0295. The van der Waals surface area contributed by atoms with Crippen molar-refractivity contribution >= 4 is 22.2 Å². The van der Waals surface area contributed by atoms with E-state index in [2.05, 4.69) is 0 Å². The molecule has 1 rings (SSSR count). The van der Waals surface area contributed by atoms with Gasteiger partial charge in [0.1, 0.15) is 0 Å². The Balaban J connectivity index is 3.02. The van der Waals surface area contributed by atoms with E-state index in [0.29, 0.717) is 0 Å². The van der Waals surface area contributed by atoms with Gasteiger partial charge in [0.25, 0.3) is 0 Å². The third-order valence-corrected chi connectivity index (χ3v) is 4.76. The van der Waals surface area contributed by atoms with Crippen molar-refractivity contribution in [1.29, 1.82) is 0 Å². The van der Waals surface area contributed by atoms with Crippen LogP contribution in [0.5, 0.6) is 0 Å². The number of nitro groups is 1. The van der Waals surface area contributed by atoms with Gasteiger partial charge in [-0.2, -0.15) is 0 Å². The van der Waals surface area contributed by atoms with Crippen LogP contribution in [0.4, 0.5) is 0 Å². The molecular weight excluding hydrogens is 282 g/mol. The molecule has 0 aromatic heterocycles. The lowest BCUT2D eigenvalue weighted by atomic mass is 9.96. The summed E-state index contributed by atoms with van der Waals surface area (Å²) >= 11 is -4.34. The summed E-state index contributed by atoms with van der Waals surface area (Å²) in [5.74, 6) is -0.209. The first kappa shape index (κ1) is 15.4. The van der Waals surface area contributed by atoms with E-state index in [-0.39, 0.29) is 30.9 Å². The van der Waals surface area contributed by atoms with Crippen LogP contribution >= 0.6 is 0 Å². The lowest BCUT2D eigenvalue weighted by Gasteiger charge is -2.22. The Labute approximate surface area is 109 Å². The van der Waals surface area contributed by atoms with E-state index < -0.39 is 37.6 Å². The summed E-state index contributed by atoms with van der Waals surface area (Å²) in [4.78, 5) is 10.2. The highest BCUT2D eigenvalue weighted by atomic mass is 32.2. The van der Waals surface area contributed by atoms with Gasteiger partial charge >= 0.3 is 0 Å². The highest BCUT2D eigenvalue weighted by Crippen LogP contribution is 2.26. The molecule has 0 radical (unpaired) electrons. The van der Waals surface area contributed by atoms with Gasteiger partial charge in [-0.3, -0.25) is 10.1 Å². The second kappa shape index (κ2) is 6.50. The quantitative estimate of drug-likeness (QED) is 0.458. The van der Waals surface area contributed by atoms with Crippen LogP contribution in [0.2, 0.25) is 0 Å². The zero-order chi connectivity index (χ0) is 13.9. The summed E-state index contributed by atoms with van der Waals surface area (Å²) in [7, 11) is 0. The molecule has 18 heavy (non-hydrogen) atoms. The van der Waals surface area contributed by atoms with Crippen molar-refractivity contribution in [2.75, 3.05) is 0 Å². The third kappa shape index (κ3) is 4.23. The Morgan fingerprint density at radius 2 is 1.83 bits per heavy atom. The maximum absolute atomic E-state index is 11.1. The first-order chi connectivity index (χ1) is 8.31. The highest BCUT2D eigenvalue weighted by molar-refractivity contribution is 7.80. The fourth-order valence-corrected chi connectivity index (χ4v) is 3.74. The van der Waals surface area contributed by atoms with Crippen molar-refractivity contribution < 1.29 is 22.4 Å². The van der Waals surface area contributed by atoms with Crippen molar-refractivity contribution in [2.45, 2.75) is 36.7 Å². The van der Waals surface area contributed by atoms with Gasteiger partial charge < -0.3 is 9.11 Å². The molecule has 9 heteroatoms. The van der Waals surface area contributed by atoms with Crippen LogP contribution in [-0.4, -0.2) is 32.9 Å². The molecule has 1 aliphatic rings. The van der Waals surface area contributed by atoms with Crippen molar-refractivity contribution in [1.82, 2.24) is 0 Å². The van der Waals surface area contributed by atoms with E-state index in [1.54, 1.807) is 6.92 Å². The summed E-state index contributed by atoms with van der Waals surface area (Å²) < 4.78 is 40.5. The first-order valence-electron chi connectivity index (χ1n) is 5.35. The van der Waals surface area contributed by atoms with Gasteiger partial charge in [0.05, 0.1) is 21.8 Å². The molecule has 7 nitrogen and oxygen atoms in total. The number of hydrogen-bond donors (Lipinski definition) is 2.